The minimum Gasteiger partial charge on any atom is -0.480 e. The number of ether oxygens (including phenoxy) is 1. The van der Waals surface area contributed by atoms with Crippen molar-refractivity contribution < 1.29 is 42.2 Å². The number of halogens is 4. The Morgan fingerprint density at radius 3 is 2.20 bits per heavy atom. The molecule has 0 unspecified atom stereocenters. The summed E-state index contributed by atoms with van der Waals surface area (Å²) in [5.74, 6) is -3.74. The van der Waals surface area contributed by atoms with Gasteiger partial charge in [-0.1, -0.05) is 30.7 Å². The lowest BCUT2D eigenvalue weighted by Crippen LogP contribution is -2.52. The number of benzene rings is 2. The summed E-state index contributed by atoms with van der Waals surface area (Å²) in [6.45, 7) is -0.0490. The third kappa shape index (κ3) is 10.7. The number of anilines is 3. The van der Waals surface area contributed by atoms with E-state index in [1.54, 1.807) is 12.1 Å². The van der Waals surface area contributed by atoms with Gasteiger partial charge in [0.05, 0.1) is 5.54 Å². The van der Waals surface area contributed by atoms with Crippen LogP contribution in [0.1, 0.15) is 61.4 Å². The van der Waals surface area contributed by atoms with Crippen molar-refractivity contribution in [2.75, 3.05) is 23.8 Å². The van der Waals surface area contributed by atoms with Crippen molar-refractivity contribution in [2.45, 2.75) is 69.2 Å². The van der Waals surface area contributed by atoms with Gasteiger partial charge in [0, 0.05) is 28.9 Å². The molecule has 1 atom stereocenters. The molecule has 2 aromatic carbocycles. The molecule has 2 aliphatic rings. The average Bonchev–Trinajstić information content (AvgIpc) is 3.86. The van der Waals surface area contributed by atoms with Gasteiger partial charge in [-0.3, -0.25) is 14.4 Å². The van der Waals surface area contributed by atoms with Gasteiger partial charge >= 0.3 is 30.0 Å². The van der Waals surface area contributed by atoms with Crippen LogP contribution < -0.4 is 31.3 Å². The van der Waals surface area contributed by atoms with Gasteiger partial charge < -0.3 is 36.4 Å². The number of nitrogens with one attached hydrogen (secondary N) is 5. The third-order valence-electron chi connectivity index (χ3n) is 8.51. The fraction of sp³-hybridized carbons (Fsp3) is 0.424. The summed E-state index contributed by atoms with van der Waals surface area (Å²) >= 11 is 6.01. The first-order valence-electron chi connectivity index (χ1n) is 16.2. The van der Waals surface area contributed by atoms with Crippen molar-refractivity contribution in [1.82, 2.24) is 30.9 Å². The van der Waals surface area contributed by atoms with Crippen LogP contribution in [0.3, 0.4) is 0 Å². The monoisotopic (exact) mass is 732 g/mol. The molecule has 1 aromatic heterocycles. The van der Waals surface area contributed by atoms with Crippen molar-refractivity contribution in [3.05, 3.63) is 64.7 Å². The lowest BCUT2D eigenvalue weighted by atomic mass is 9.87. The summed E-state index contributed by atoms with van der Waals surface area (Å²) in [5, 5.41) is 23.4. The minimum atomic E-state index is -4.64. The Bertz CT molecular complexity index is 1730. The number of carboxylic acid groups (broad SMARTS) is 1. The minimum absolute atomic E-state index is 0.0407. The van der Waals surface area contributed by atoms with Gasteiger partial charge in [0.25, 0.3) is 5.91 Å². The molecule has 18 heteroatoms. The first-order valence-corrected chi connectivity index (χ1v) is 16.6. The molecule has 5 rings (SSSR count). The summed E-state index contributed by atoms with van der Waals surface area (Å²) in [4.78, 5) is 61.5. The topological polar surface area (TPSA) is 197 Å². The van der Waals surface area contributed by atoms with Crippen LogP contribution in [0.15, 0.2) is 48.5 Å². The molecule has 0 saturated heterocycles. The van der Waals surface area contributed by atoms with Crippen LogP contribution >= 0.6 is 11.6 Å². The Labute approximate surface area is 295 Å². The van der Waals surface area contributed by atoms with E-state index in [9.17, 15) is 37.5 Å². The van der Waals surface area contributed by atoms with Crippen LogP contribution in [0.25, 0.3) is 0 Å². The van der Waals surface area contributed by atoms with E-state index in [2.05, 4.69) is 48.5 Å². The second-order valence-corrected chi connectivity index (χ2v) is 13.0. The van der Waals surface area contributed by atoms with Gasteiger partial charge in [0.2, 0.25) is 11.9 Å². The molecule has 272 valence electrons. The van der Waals surface area contributed by atoms with Crippen molar-refractivity contribution in [2.24, 2.45) is 5.92 Å². The SMILES string of the molecule is CC1CCC(NC(=O)C(=O)NC[C@H](NC(=O)c2ccc(Nc3nc(NC4(c5ccc(Cl)cc5)CC4)nc(OCC(F)(F)F)n3)cc2)C(=O)O)CC1. The molecule has 3 amide bonds. The summed E-state index contributed by atoms with van der Waals surface area (Å²) in [7, 11) is 0. The number of carbonyl (C=O) groups is 4. The highest BCUT2D eigenvalue weighted by Gasteiger charge is 2.45. The molecule has 0 radical (unpaired) electrons. The molecule has 14 nitrogen and oxygen atoms in total. The van der Waals surface area contributed by atoms with Crippen LogP contribution in [0, 0.1) is 5.92 Å². The maximum atomic E-state index is 12.9. The predicted octanol–water partition coefficient (Wildman–Crippen LogP) is 4.31. The Kier molecular flexibility index (Phi) is 11.5. The largest absolute Gasteiger partial charge is 0.480 e. The van der Waals surface area contributed by atoms with Crippen molar-refractivity contribution in [1.29, 1.82) is 0 Å². The lowest BCUT2D eigenvalue weighted by molar-refractivity contribution is -0.154. The zero-order valence-electron chi connectivity index (χ0n) is 27.3. The van der Waals surface area contributed by atoms with E-state index in [4.69, 9.17) is 16.3 Å². The molecule has 3 aromatic rings. The second kappa shape index (κ2) is 15.8. The van der Waals surface area contributed by atoms with Crippen LogP contribution in [-0.2, 0) is 19.9 Å². The third-order valence-corrected chi connectivity index (χ3v) is 8.76. The van der Waals surface area contributed by atoms with Crippen LogP contribution in [0.4, 0.5) is 30.8 Å². The standard InChI is InChI=1S/C33H36ClF3N8O6/c1-18-2-10-22(11-3-18)39-27(48)26(47)38-16-24(28(49)50)41-25(46)19-4-12-23(13-5-19)40-29-42-30(44-31(43-29)51-17-33(35,36)37)45-32(14-15-32)20-6-8-21(34)9-7-20/h4-9,12-13,18,22,24H,2-3,10-11,14-17H2,1H3,(H,38,47)(H,39,48)(H,41,46)(H,49,50)(H2,40,42,43,44,45)/t18?,22?,24-/m0/s1. The summed E-state index contributed by atoms with van der Waals surface area (Å²) in [5.41, 5.74) is 0.699. The molecular formula is C33H36ClF3N8O6. The van der Waals surface area contributed by atoms with Crippen LogP contribution in [-0.4, -0.2) is 75.2 Å². The number of carboxylic acids is 1. The van der Waals surface area contributed by atoms with Gasteiger partial charge in [-0.05, 0) is 86.4 Å². The number of hydrogen-bond acceptors (Lipinski definition) is 10. The van der Waals surface area contributed by atoms with Crippen LogP contribution in [0.5, 0.6) is 6.01 Å². The van der Waals surface area contributed by atoms with Gasteiger partial charge in [0.15, 0.2) is 6.61 Å². The zero-order chi connectivity index (χ0) is 36.8. The number of hydrogen-bond donors (Lipinski definition) is 6. The molecule has 2 fully saturated rings. The number of aromatic nitrogens is 3. The molecule has 2 saturated carbocycles. The smallest absolute Gasteiger partial charge is 0.422 e. The fourth-order valence-electron chi connectivity index (χ4n) is 5.48. The predicted molar refractivity (Wildman–Crippen MR) is 179 cm³/mol. The Balaban J connectivity index is 1.20. The van der Waals surface area contributed by atoms with E-state index >= 15 is 0 Å². The lowest BCUT2D eigenvalue weighted by Gasteiger charge is -2.26. The first kappa shape index (κ1) is 37.1. The normalized spacial score (nSPS) is 18.5. The molecule has 1 heterocycles. The summed E-state index contributed by atoms with van der Waals surface area (Å²) < 4.78 is 43.5. The van der Waals surface area contributed by atoms with Gasteiger partial charge in [-0.15, -0.1) is 0 Å². The number of nitrogens with zero attached hydrogens (tertiary/aromatic N) is 3. The number of carbonyl (C=O) groups excluding carboxylic acids is 3. The van der Waals surface area contributed by atoms with Crippen LogP contribution in [0.2, 0.25) is 5.02 Å². The Morgan fingerprint density at radius 1 is 0.941 bits per heavy atom. The van der Waals surface area contributed by atoms with E-state index in [0.29, 0.717) is 29.5 Å². The fourth-order valence-corrected chi connectivity index (χ4v) is 5.61. The molecule has 0 spiro atoms. The highest BCUT2D eigenvalue weighted by Crippen LogP contribution is 2.48. The average molecular weight is 733 g/mol. The first-order chi connectivity index (χ1) is 24.2. The molecular weight excluding hydrogens is 697 g/mol. The van der Waals surface area contributed by atoms with E-state index in [0.717, 1.165) is 31.2 Å². The Hall–Kier alpha value is -5.19. The highest BCUT2D eigenvalue weighted by molar-refractivity contribution is 6.35. The quantitative estimate of drug-likeness (QED) is 0.137. The van der Waals surface area contributed by atoms with Crippen molar-refractivity contribution in [3.63, 3.8) is 0 Å². The number of alkyl halides is 3. The Morgan fingerprint density at radius 2 is 1.59 bits per heavy atom. The maximum absolute atomic E-state index is 12.9. The number of aliphatic carboxylic acids is 1. The van der Waals surface area contributed by atoms with Crippen molar-refractivity contribution >= 4 is 52.9 Å². The summed E-state index contributed by atoms with van der Waals surface area (Å²) in [6.07, 6.45) is 0.128. The zero-order valence-corrected chi connectivity index (χ0v) is 28.1. The van der Waals surface area contributed by atoms with E-state index in [1.807, 2.05) is 12.1 Å². The number of amides is 3. The maximum Gasteiger partial charge on any atom is 0.422 e. The molecule has 0 bridgehead atoms. The second-order valence-electron chi connectivity index (χ2n) is 12.6. The highest BCUT2D eigenvalue weighted by atomic mass is 35.5. The van der Waals surface area contributed by atoms with Gasteiger partial charge in [-0.25, -0.2) is 4.79 Å². The van der Waals surface area contributed by atoms with Gasteiger partial charge in [0.1, 0.15) is 6.04 Å². The molecule has 51 heavy (non-hydrogen) atoms. The van der Waals surface area contributed by atoms with E-state index in [-0.39, 0.29) is 23.5 Å². The van der Waals surface area contributed by atoms with Crippen molar-refractivity contribution in [3.8, 4) is 6.01 Å². The number of rotatable bonds is 13. The molecule has 6 N–H and O–H groups in total. The van der Waals surface area contributed by atoms with E-state index in [1.165, 1.54) is 24.3 Å². The summed E-state index contributed by atoms with van der Waals surface area (Å²) in [6, 6.07) is 10.4. The molecule has 2 aliphatic carbocycles. The van der Waals surface area contributed by atoms with Gasteiger partial charge in [-0.2, -0.15) is 28.1 Å². The molecule has 0 aliphatic heterocycles. The van der Waals surface area contributed by atoms with E-state index < -0.39 is 60.6 Å².